The van der Waals surface area contributed by atoms with Crippen molar-refractivity contribution in [1.29, 1.82) is 0 Å². The van der Waals surface area contributed by atoms with E-state index in [4.69, 9.17) is 23.2 Å². The van der Waals surface area contributed by atoms with E-state index in [0.29, 0.717) is 10.3 Å². The zero-order chi connectivity index (χ0) is 7.72. The molecule has 0 amide bonds. The first-order chi connectivity index (χ1) is 4.61. The molecule has 1 nitrogen and oxygen atoms in total. The summed E-state index contributed by atoms with van der Waals surface area (Å²) < 4.78 is 0.932. The number of rotatable bonds is 0. The Kier molecular flexibility index (Phi) is 2.77. The lowest BCUT2D eigenvalue weighted by atomic mass is 10.3. The minimum atomic E-state index is 0.469. The van der Waals surface area contributed by atoms with Gasteiger partial charge in [0.05, 0.1) is 3.57 Å². The van der Waals surface area contributed by atoms with Gasteiger partial charge in [0.1, 0.15) is 10.3 Å². The van der Waals surface area contributed by atoms with Crippen LogP contribution in [0.1, 0.15) is 5.56 Å². The third kappa shape index (κ3) is 1.74. The predicted molar refractivity (Wildman–Crippen MR) is 51.7 cm³/mol. The molecule has 0 aliphatic rings. The molecule has 1 heterocycles. The lowest BCUT2D eigenvalue weighted by Gasteiger charge is -1.98. The van der Waals surface area contributed by atoms with E-state index in [1.807, 2.05) is 13.0 Å². The lowest BCUT2D eigenvalue weighted by Crippen LogP contribution is -1.85. The summed E-state index contributed by atoms with van der Waals surface area (Å²) in [4.78, 5) is 3.90. The fraction of sp³-hybridized carbons (Fsp3) is 0.167. The highest BCUT2D eigenvalue weighted by atomic mass is 127. The molecular formula is C6H4Cl2IN. The van der Waals surface area contributed by atoms with Crippen molar-refractivity contribution in [3.05, 3.63) is 25.5 Å². The van der Waals surface area contributed by atoms with Crippen LogP contribution in [0.5, 0.6) is 0 Å². The Morgan fingerprint density at radius 2 is 2.00 bits per heavy atom. The quantitative estimate of drug-likeness (QED) is 0.527. The summed E-state index contributed by atoms with van der Waals surface area (Å²) in [6, 6.07) is 1.90. The van der Waals surface area contributed by atoms with E-state index in [-0.39, 0.29) is 0 Å². The van der Waals surface area contributed by atoms with E-state index in [9.17, 15) is 0 Å². The first kappa shape index (κ1) is 8.56. The minimum Gasteiger partial charge on any atom is -0.223 e. The number of pyridine rings is 1. The van der Waals surface area contributed by atoms with Gasteiger partial charge in [-0.1, -0.05) is 23.2 Å². The van der Waals surface area contributed by atoms with Gasteiger partial charge < -0.3 is 0 Å². The fourth-order valence-corrected chi connectivity index (χ4v) is 1.45. The Balaban J connectivity index is 3.28. The highest BCUT2D eigenvalue weighted by Crippen LogP contribution is 2.21. The number of aryl methyl sites for hydroxylation is 1. The van der Waals surface area contributed by atoms with E-state index < -0.39 is 0 Å². The molecule has 4 heteroatoms. The molecule has 0 fully saturated rings. The molecule has 0 aliphatic carbocycles. The van der Waals surface area contributed by atoms with Crippen molar-refractivity contribution in [2.24, 2.45) is 0 Å². The monoisotopic (exact) mass is 287 g/mol. The average Bonchev–Trinajstić information content (AvgIpc) is 1.84. The van der Waals surface area contributed by atoms with Crippen LogP contribution in [0.25, 0.3) is 0 Å². The van der Waals surface area contributed by atoms with Gasteiger partial charge in [0.2, 0.25) is 0 Å². The van der Waals surface area contributed by atoms with Crippen LogP contribution >= 0.6 is 45.8 Å². The molecule has 1 aromatic rings. The Bertz CT molecular complexity index is 212. The molecule has 10 heavy (non-hydrogen) atoms. The van der Waals surface area contributed by atoms with Crippen molar-refractivity contribution in [2.75, 3.05) is 0 Å². The number of aromatic nitrogens is 1. The smallest absolute Gasteiger partial charge is 0.144 e. The maximum atomic E-state index is 5.69. The van der Waals surface area contributed by atoms with Gasteiger partial charge in [-0.15, -0.1) is 0 Å². The summed E-state index contributed by atoms with van der Waals surface area (Å²) in [7, 11) is 0. The van der Waals surface area contributed by atoms with Crippen LogP contribution in [0.4, 0.5) is 0 Å². The number of hydrogen-bond donors (Lipinski definition) is 0. The van der Waals surface area contributed by atoms with Crippen LogP contribution in [0, 0.1) is 10.5 Å². The molecule has 1 aromatic heterocycles. The highest BCUT2D eigenvalue weighted by molar-refractivity contribution is 14.1. The molecule has 0 saturated carbocycles. The fourth-order valence-electron chi connectivity index (χ4n) is 0.537. The maximum absolute atomic E-state index is 5.69. The summed E-state index contributed by atoms with van der Waals surface area (Å²) >= 11 is 13.5. The molecule has 0 radical (unpaired) electrons. The van der Waals surface area contributed by atoms with E-state index in [1.165, 1.54) is 0 Å². The normalized spacial score (nSPS) is 10.0. The van der Waals surface area contributed by atoms with Crippen molar-refractivity contribution in [3.8, 4) is 0 Å². The van der Waals surface area contributed by atoms with Crippen molar-refractivity contribution in [2.45, 2.75) is 6.92 Å². The van der Waals surface area contributed by atoms with E-state index in [2.05, 4.69) is 27.6 Å². The molecule has 0 unspecified atom stereocenters. The van der Waals surface area contributed by atoms with Gasteiger partial charge in [-0.2, -0.15) is 0 Å². The topological polar surface area (TPSA) is 12.9 Å². The molecule has 0 saturated heterocycles. The maximum Gasteiger partial charge on any atom is 0.144 e. The summed E-state index contributed by atoms with van der Waals surface area (Å²) in [5.41, 5.74) is 0.954. The Hall–Kier alpha value is 0.460. The second-order valence-electron chi connectivity index (χ2n) is 1.87. The van der Waals surface area contributed by atoms with Crippen molar-refractivity contribution in [1.82, 2.24) is 4.98 Å². The van der Waals surface area contributed by atoms with Gasteiger partial charge in [-0.3, -0.25) is 0 Å². The third-order valence-electron chi connectivity index (χ3n) is 1.06. The Labute approximate surface area is 82.9 Å². The van der Waals surface area contributed by atoms with Crippen LogP contribution < -0.4 is 0 Å². The van der Waals surface area contributed by atoms with Crippen molar-refractivity contribution >= 4 is 45.8 Å². The standard InChI is InChI=1S/C6H4Cl2IN/c1-3-2-4(9)6(8)10-5(3)7/h2H,1H3. The van der Waals surface area contributed by atoms with Crippen LogP contribution in [0.2, 0.25) is 10.3 Å². The molecule has 0 bridgehead atoms. The van der Waals surface area contributed by atoms with Gasteiger partial charge in [0.15, 0.2) is 0 Å². The molecule has 0 N–H and O–H groups in total. The van der Waals surface area contributed by atoms with Crippen molar-refractivity contribution in [3.63, 3.8) is 0 Å². The first-order valence-corrected chi connectivity index (χ1v) is 4.43. The molecule has 0 aliphatic heterocycles. The summed E-state index contributed by atoms with van der Waals surface area (Å²) in [5, 5.41) is 0.946. The van der Waals surface area contributed by atoms with Crippen LogP contribution in [-0.2, 0) is 0 Å². The summed E-state index contributed by atoms with van der Waals surface area (Å²) in [6.07, 6.45) is 0. The minimum absolute atomic E-state index is 0.469. The SMILES string of the molecule is Cc1cc(I)c(Cl)nc1Cl. The number of hydrogen-bond acceptors (Lipinski definition) is 1. The van der Waals surface area contributed by atoms with Crippen LogP contribution in [0.3, 0.4) is 0 Å². The molecular weight excluding hydrogens is 284 g/mol. The molecule has 0 aromatic carbocycles. The predicted octanol–water partition coefficient (Wildman–Crippen LogP) is 3.30. The molecule has 0 atom stereocenters. The van der Waals surface area contributed by atoms with Gasteiger partial charge in [0.25, 0.3) is 0 Å². The second kappa shape index (κ2) is 3.24. The molecule has 0 spiro atoms. The lowest BCUT2D eigenvalue weighted by molar-refractivity contribution is 1.25. The Morgan fingerprint density at radius 3 is 2.50 bits per heavy atom. The molecule has 54 valence electrons. The Morgan fingerprint density at radius 1 is 1.40 bits per heavy atom. The number of halogens is 3. The van der Waals surface area contributed by atoms with Gasteiger partial charge >= 0.3 is 0 Å². The largest absolute Gasteiger partial charge is 0.223 e. The first-order valence-electron chi connectivity index (χ1n) is 2.59. The zero-order valence-electron chi connectivity index (χ0n) is 5.16. The van der Waals surface area contributed by atoms with Gasteiger partial charge in [0, 0.05) is 0 Å². The molecule has 1 rings (SSSR count). The number of nitrogens with zero attached hydrogens (tertiary/aromatic N) is 1. The van der Waals surface area contributed by atoms with Gasteiger partial charge in [-0.25, -0.2) is 4.98 Å². The highest BCUT2D eigenvalue weighted by Gasteiger charge is 2.01. The summed E-state index contributed by atoms with van der Waals surface area (Å²) in [6.45, 7) is 1.90. The zero-order valence-corrected chi connectivity index (χ0v) is 8.83. The second-order valence-corrected chi connectivity index (χ2v) is 3.75. The van der Waals surface area contributed by atoms with E-state index in [1.54, 1.807) is 0 Å². The van der Waals surface area contributed by atoms with Gasteiger partial charge in [-0.05, 0) is 41.1 Å². The third-order valence-corrected chi connectivity index (χ3v) is 2.87. The van der Waals surface area contributed by atoms with Crippen molar-refractivity contribution < 1.29 is 0 Å². The van der Waals surface area contributed by atoms with E-state index in [0.717, 1.165) is 9.13 Å². The average molecular weight is 288 g/mol. The summed E-state index contributed by atoms with van der Waals surface area (Å²) in [5.74, 6) is 0. The van der Waals surface area contributed by atoms with Crippen LogP contribution in [0.15, 0.2) is 6.07 Å². The van der Waals surface area contributed by atoms with Crippen LogP contribution in [-0.4, -0.2) is 4.98 Å². The van der Waals surface area contributed by atoms with E-state index >= 15 is 0 Å².